The minimum Gasteiger partial charge on any atom is -0.369 e. The molecule has 1 amide bonds. The van der Waals surface area contributed by atoms with Crippen molar-refractivity contribution < 1.29 is 17.7 Å². The van der Waals surface area contributed by atoms with Crippen molar-refractivity contribution in [1.82, 2.24) is 9.88 Å². The molecule has 1 aliphatic carbocycles. The van der Waals surface area contributed by atoms with Crippen molar-refractivity contribution in [2.45, 2.75) is 37.6 Å². The zero-order valence-corrected chi connectivity index (χ0v) is 12.1. The number of aryl methyl sites for hydroxylation is 2. The average Bonchev–Trinajstić information content (AvgIpc) is 2.69. The standard InChI is InChI=1S/C12H17N3O4S/c1-7-11(8(2)19-14-7)20(17,18)15-10-6-4-3-5-9(10)12(13)16/h3-4,9-10,15H,5-6H2,1-2H3,(H2,13,16)/t9-,10-/m1/s1. The largest absolute Gasteiger partial charge is 0.369 e. The van der Waals surface area contributed by atoms with Crippen LogP contribution in [0.25, 0.3) is 0 Å². The van der Waals surface area contributed by atoms with Gasteiger partial charge in [0.05, 0.1) is 5.92 Å². The molecule has 0 saturated carbocycles. The molecule has 2 rings (SSSR count). The number of sulfonamides is 1. The van der Waals surface area contributed by atoms with E-state index in [0.717, 1.165) is 0 Å². The van der Waals surface area contributed by atoms with E-state index in [4.69, 9.17) is 10.3 Å². The number of nitrogens with zero attached hydrogens (tertiary/aromatic N) is 1. The van der Waals surface area contributed by atoms with Crippen LogP contribution in [0.15, 0.2) is 21.6 Å². The van der Waals surface area contributed by atoms with Crippen molar-refractivity contribution in [1.29, 1.82) is 0 Å². The molecule has 0 radical (unpaired) electrons. The van der Waals surface area contributed by atoms with Gasteiger partial charge in [0.2, 0.25) is 15.9 Å². The second-order valence-corrected chi connectivity index (χ2v) is 6.48. The molecule has 0 fully saturated rings. The molecule has 0 saturated heterocycles. The monoisotopic (exact) mass is 299 g/mol. The molecule has 0 aliphatic heterocycles. The Labute approximate surface area is 117 Å². The normalized spacial score (nSPS) is 22.9. The maximum atomic E-state index is 12.4. The summed E-state index contributed by atoms with van der Waals surface area (Å²) in [6.45, 7) is 3.08. The summed E-state index contributed by atoms with van der Waals surface area (Å²) < 4.78 is 32.2. The first-order chi connectivity index (χ1) is 9.33. The highest BCUT2D eigenvalue weighted by Crippen LogP contribution is 2.24. The van der Waals surface area contributed by atoms with Crippen molar-refractivity contribution in [3.8, 4) is 0 Å². The summed E-state index contributed by atoms with van der Waals surface area (Å²) in [7, 11) is -3.79. The number of nitrogens with one attached hydrogen (secondary N) is 1. The Balaban J connectivity index is 2.28. The van der Waals surface area contributed by atoms with Crippen LogP contribution in [0.3, 0.4) is 0 Å². The van der Waals surface area contributed by atoms with Gasteiger partial charge >= 0.3 is 0 Å². The Hall–Kier alpha value is -1.67. The van der Waals surface area contributed by atoms with Gasteiger partial charge in [-0.15, -0.1) is 0 Å². The van der Waals surface area contributed by atoms with Gasteiger partial charge in [-0.05, 0) is 26.7 Å². The lowest BCUT2D eigenvalue weighted by atomic mass is 9.89. The summed E-state index contributed by atoms with van der Waals surface area (Å²) in [5.41, 5.74) is 5.61. The number of carbonyl (C=O) groups is 1. The lowest BCUT2D eigenvalue weighted by Crippen LogP contribution is -2.46. The Morgan fingerprint density at radius 2 is 2.05 bits per heavy atom. The third-order valence-electron chi connectivity index (χ3n) is 3.34. The van der Waals surface area contributed by atoms with Gasteiger partial charge in [-0.2, -0.15) is 0 Å². The molecule has 8 heteroatoms. The highest BCUT2D eigenvalue weighted by atomic mass is 32.2. The van der Waals surface area contributed by atoms with Gasteiger partial charge in [-0.1, -0.05) is 17.3 Å². The van der Waals surface area contributed by atoms with E-state index >= 15 is 0 Å². The van der Waals surface area contributed by atoms with Gasteiger partial charge in [-0.3, -0.25) is 4.79 Å². The first kappa shape index (κ1) is 14.7. The molecule has 1 aromatic heterocycles. The topological polar surface area (TPSA) is 115 Å². The van der Waals surface area contributed by atoms with E-state index < -0.39 is 27.9 Å². The fourth-order valence-corrected chi connectivity index (χ4v) is 3.99. The maximum absolute atomic E-state index is 12.4. The summed E-state index contributed by atoms with van der Waals surface area (Å²) >= 11 is 0. The molecule has 1 heterocycles. The van der Waals surface area contributed by atoms with Gasteiger partial charge in [0.1, 0.15) is 10.6 Å². The van der Waals surface area contributed by atoms with Crippen molar-refractivity contribution >= 4 is 15.9 Å². The van der Waals surface area contributed by atoms with Crippen LogP contribution in [0.4, 0.5) is 0 Å². The van der Waals surface area contributed by atoms with E-state index in [9.17, 15) is 13.2 Å². The highest BCUT2D eigenvalue weighted by molar-refractivity contribution is 7.89. The Morgan fingerprint density at radius 3 is 2.60 bits per heavy atom. The second kappa shape index (κ2) is 5.37. The number of amides is 1. The second-order valence-electron chi connectivity index (χ2n) is 4.83. The summed E-state index contributed by atoms with van der Waals surface area (Å²) in [6.07, 6.45) is 4.52. The zero-order valence-electron chi connectivity index (χ0n) is 11.3. The van der Waals surface area contributed by atoms with Gasteiger partial charge < -0.3 is 10.3 Å². The zero-order chi connectivity index (χ0) is 14.9. The first-order valence-corrected chi connectivity index (χ1v) is 7.70. The summed E-state index contributed by atoms with van der Waals surface area (Å²) in [5, 5.41) is 3.63. The van der Waals surface area contributed by atoms with Crippen LogP contribution in [0.1, 0.15) is 24.3 Å². The van der Waals surface area contributed by atoms with Crippen LogP contribution in [0, 0.1) is 19.8 Å². The Morgan fingerprint density at radius 1 is 1.40 bits per heavy atom. The molecule has 110 valence electrons. The van der Waals surface area contributed by atoms with Crippen molar-refractivity contribution in [2.24, 2.45) is 11.7 Å². The molecule has 0 aromatic carbocycles. The summed E-state index contributed by atoms with van der Waals surface area (Å²) in [5.74, 6) is -0.840. The number of nitrogens with two attached hydrogens (primary N) is 1. The fourth-order valence-electron chi connectivity index (χ4n) is 2.38. The number of carbonyl (C=O) groups excluding carboxylic acids is 1. The van der Waals surface area contributed by atoms with Crippen molar-refractivity contribution in [2.75, 3.05) is 0 Å². The predicted octanol–water partition coefficient (Wildman–Crippen LogP) is 0.390. The minimum absolute atomic E-state index is 0.0234. The van der Waals surface area contributed by atoms with Crippen LogP contribution in [0.2, 0.25) is 0 Å². The number of hydrogen-bond acceptors (Lipinski definition) is 5. The number of allylic oxidation sites excluding steroid dienone is 1. The van der Waals surface area contributed by atoms with Gasteiger partial charge in [-0.25, -0.2) is 13.1 Å². The van der Waals surface area contributed by atoms with Crippen LogP contribution in [0.5, 0.6) is 0 Å². The molecule has 20 heavy (non-hydrogen) atoms. The van der Waals surface area contributed by atoms with Crippen molar-refractivity contribution in [3.63, 3.8) is 0 Å². The Kier molecular flexibility index (Phi) is 3.96. The average molecular weight is 299 g/mol. The molecule has 1 aliphatic rings. The fraction of sp³-hybridized carbons (Fsp3) is 0.500. The van der Waals surface area contributed by atoms with E-state index in [-0.39, 0.29) is 16.3 Å². The molecule has 2 atom stereocenters. The van der Waals surface area contributed by atoms with E-state index in [2.05, 4.69) is 9.88 Å². The molecule has 0 unspecified atom stereocenters. The first-order valence-electron chi connectivity index (χ1n) is 6.22. The molecule has 3 N–H and O–H groups in total. The number of hydrogen-bond donors (Lipinski definition) is 2. The third-order valence-corrected chi connectivity index (χ3v) is 5.07. The SMILES string of the molecule is Cc1noc(C)c1S(=O)(=O)N[C@@H]1CC=CC[C@H]1C(N)=O. The van der Waals surface area contributed by atoms with Crippen LogP contribution >= 0.6 is 0 Å². The summed E-state index contributed by atoms with van der Waals surface area (Å²) in [6, 6.07) is -0.545. The minimum atomic E-state index is -3.79. The number of primary amides is 1. The molecular weight excluding hydrogens is 282 g/mol. The molecular formula is C12H17N3O4S. The van der Waals surface area contributed by atoms with Gasteiger partial charge in [0.25, 0.3) is 0 Å². The molecule has 7 nitrogen and oxygen atoms in total. The van der Waals surface area contributed by atoms with Gasteiger partial charge in [0, 0.05) is 6.04 Å². The van der Waals surface area contributed by atoms with E-state index in [1.807, 2.05) is 12.2 Å². The van der Waals surface area contributed by atoms with E-state index in [1.165, 1.54) is 6.92 Å². The predicted molar refractivity (Wildman–Crippen MR) is 71.1 cm³/mol. The van der Waals surface area contributed by atoms with Crippen molar-refractivity contribution in [3.05, 3.63) is 23.6 Å². The maximum Gasteiger partial charge on any atom is 0.246 e. The molecule has 1 aromatic rings. The lowest BCUT2D eigenvalue weighted by molar-refractivity contribution is -0.122. The number of rotatable bonds is 4. The smallest absolute Gasteiger partial charge is 0.246 e. The third kappa shape index (κ3) is 2.75. The molecule has 0 bridgehead atoms. The van der Waals surface area contributed by atoms with Crippen LogP contribution in [-0.4, -0.2) is 25.5 Å². The van der Waals surface area contributed by atoms with Gasteiger partial charge in [0.15, 0.2) is 5.76 Å². The van der Waals surface area contributed by atoms with Crippen LogP contribution < -0.4 is 10.5 Å². The number of aromatic nitrogens is 1. The summed E-state index contributed by atoms with van der Waals surface area (Å²) in [4.78, 5) is 11.4. The molecule has 0 spiro atoms. The van der Waals surface area contributed by atoms with E-state index in [1.54, 1.807) is 6.92 Å². The highest BCUT2D eigenvalue weighted by Gasteiger charge is 2.33. The Bertz CT molecular complexity index is 628. The quantitative estimate of drug-likeness (QED) is 0.780. The van der Waals surface area contributed by atoms with Crippen LogP contribution in [-0.2, 0) is 14.8 Å². The lowest BCUT2D eigenvalue weighted by Gasteiger charge is -2.26. The van der Waals surface area contributed by atoms with E-state index in [0.29, 0.717) is 12.8 Å².